The normalized spacial score (nSPS) is 24.3. The predicted octanol–water partition coefficient (Wildman–Crippen LogP) is 6.28. The van der Waals surface area contributed by atoms with Gasteiger partial charge in [-0.3, -0.25) is 9.52 Å². The first-order chi connectivity index (χ1) is 20.1. The molecular formula is C31H31Cl2FN2O5S. The van der Waals surface area contributed by atoms with Crippen LogP contribution < -0.4 is 4.72 Å². The van der Waals surface area contributed by atoms with Gasteiger partial charge in [0.1, 0.15) is 11.9 Å². The smallest absolute Gasteiger partial charge is 0.255 e. The third-order valence-electron chi connectivity index (χ3n) is 8.58. The lowest BCUT2D eigenvalue weighted by molar-refractivity contribution is -0.185. The average Bonchev–Trinajstić information content (AvgIpc) is 3.89. The van der Waals surface area contributed by atoms with Crippen molar-refractivity contribution in [1.82, 2.24) is 4.90 Å². The molecular weight excluding hydrogens is 602 g/mol. The van der Waals surface area contributed by atoms with E-state index in [1.807, 2.05) is 18.2 Å². The molecule has 2 N–H and O–H groups in total. The highest BCUT2D eigenvalue weighted by molar-refractivity contribution is 7.94. The van der Waals surface area contributed by atoms with Gasteiger partial charge in [-0.2, -0.15) is 0 Å². The minimum Gasteiger partial charge on any atom is -0.393 e. The third-order valence-corrected chi connectivity index (χ3v) is 11.3. The monoisotopic (exact) mass is 632 g/mol. The van der Waals surface area contributed by atoms with E-state index in [9.17, 15) is 22.7 Å². The number of sulfonamides is 1. The van der Waals surface area contributed by atoms with Crippen LogP contribution in [0.3, 0.4) is 0 Å². The Balaban J connectivity index is 1.41. The number of rotatable bonds is 10. The van der Waals surface area contributed by atoms with Gasteiger partial charge in [0.2, 0.25) is 10.0 Å². The fourth-order valence-electron chi connectivity index (χ4n) is 6.06. The van der Waals surface area contributed by atoms with Crippen molar-refractivity contribution in [2.45, 2.75) is 61.1 Å². The number of carbonyl (C=O) groups is 1. The molecule has 3 aromatic carbocycles. The van der Waals surface area contributed by atoms with Gasteiger partial charge in [-0.15, -0.1) is 0 Å². The summed E-state index contributed by atoms with van der Waals surface area (Å²) in [5.41, 5.74) is 1.38. The number of morpholine rings is 1. The van der Waals surface area contributed by atoms with Crippen LogP contribution in [0.25, 0.3) is 0 Å². The standard InChI is InChI=1S/C31H31Cl2FN2O5S/c32-22-12-10-20(11-13-22)28-29(21-4-3-5-23(33)16-21)41-27(18-37)30(38)36(28)26(19-8-9-19)17-31(14-15-31)42(39,40)35-25-7-2-1-6-24(25)34/h1-7,10-13,16,19,26-29,35,37H,8-9,14-15,17-18H2/t26-,27-,28+,29-/m0/s1. The molecule has 3 fully saturated rings. The van der Waals surface area contributed by atoms with Crippen LogP contribution in [0.15, 0.2) is 72.8 Å². The summed E-state index contributed by atoms with van der Waals surface area (Å²) in [6.45, 7) is -0.532. The highest BCUT2D eigenvalue weighted by atomic mass is 35.5. The van der Waals surface area contributed by atoms with Crippen LogP contribution in [-0.4, -0.2) is 47.8 Å². The molecule has 1 amide bonds. The third kappa shape index (κ3) is 5.65. The number of nitrogens with zero attached hydrogens (tertiary/aromatic N) is 1. The van der Waals surface area contributed by atoms with Gasteiger partial charge in [-0.1, -0.05) is 59.6 Å². The van der Waals surface area contributed by atoms with E-state index in [0.29, 0.717) is 22.9 Å². The van der Waals surface area contributed by atoms with Gasteiger partial charge >= 0.3 is 0 Å². The van der Waals surface area contributed by atoms with Crippen LogP contribution in [0, 0.1) is 11.7 Å². The second-order valence-electron chi connectivity index (χ2n) is 11.4. The summed E-state index contributed by atoms with van der Waals surface area (Å²) in [4.78, 5) is 15.8. The zero-order chi connectivity index (χ0) is 29.6. The van der Waals surface area contributed by atoms with Crippen LogP contribution >= 0.6 is 23.2 Å². The number of para-hydroxylation sites is 1. The summed E-state index contributed by atoms with van der Waals surface area (Å²) >= 11 is 12.6. The van der Waals surface area contributed by atoms with E-state index in [0.717, 1.165) is 24.0 Å². The van der Waals surface area contributed by atoms with Gasteiger partial charge in [-0.05, 0) is 85.5 Å². The number of hydrogen-bond acceptors (Lipinski definition) is 5. The van der Waals surface area contributed by atoms with Gasteiger partial charge in [0.15, 0.2) is 6.10 Å². The first kappa shape index (κ1) is 29.4. The maximum absolute atomic E-state index is 14.4. The van der Waals surface area contributed by atoms with Gasteiger partial charge in [-0.25, -0.2) is 12.8 Å². The fourth-order valence-corrected chi connectivity index (χ4v) is 8.09. The molecule has 7 nitrogen and oxygen atoms in total. The van der Waals surface area contributed by atoms with Crippen molar-refractivity contribution in [1.29, 1.82) is 0 Å². The number of benzene rings is 3. The lowest BCUT2D eigenvalue weighted by Gasteiger charge is -2.48. The first-order valence-corrected chi connectivity index (χ1v) is 16.2. The number of hydrogen-bond donors (Lipinski definition) is 2. The zero-order valence-corrected chi connectivity index (χ0v) is 25.0. The number of anilines is 1. The topological polar surface area (TPSA) is 95.9 Å². The van der Waals surface area contributed by atoms with E-state index in [2.05, 4.69) is 4.72 Å². The van der Waals surface area contributed by atoms with Crippen molar-refractivity contribution in [3.05, 3.63) is 99.8 Å². The van der Waals surface area contributed by atoms with Crippen molar-refractivity contribution >= 4 is 44.8 Å². The molecule has 3 aliphatic rings. The Labute approximate surface area is 254 Å². The van der Waals surface area contributed by atoms with Crippen LogP contribution in [0.1, 0.15) is 55.4 Å². The van der Waals surface area contributed by atoms with Crippen LogP contribution in [0.4, 0.5) is 10.1 Å². The number of ether oxygens (including phenoxy) is 1. The van der Waals surface area contributed by atoms with E-state index in [4.69, 9.17) is 27.9 Å². The summed E-state index contributed by atoms with van der Waals surface area (Å²) in [7, 11) is -4.00. The molecule has 0 radical (unpaired) electrons. The molecule has 1 heterocycles. The Kier molecular flexibility index (Phi) is 8.00. The van der Waals surface area contributed by atoms with Crippen molar-refractivity contribution in [3.8, 4) is 0 Å². The zero-order valence-electron chi connectivity index (χ0n) is 22.6. The SMILES string of the molecule is O=C1[C@H](CO)O[C@@H](c2cccc(Cl)c2)[C@@H](c2ccc(Cl)cc2)N1[C@@H](CC1(S(=O)(=O)Nc2ccccc2F)CC1)C1CC1. The lowest BCUT2D eigenvalue weighted by atomic mass is 9.88. The Morgan fingerprint density at radius 3 is 2.33 bits per heavy atom. The Morgan fingerprint density at radius 2 is 1.71 bits per heavy atom. The molecule has 2 saturated carbocycles. The second-order valence-corrected chi connectivity index (χ2v) is 14.4. The summed E-state index contributed by atoms with van der Waals surface area (Å²) in [6, 6.07) is 18.9. The molecule has 0 bridgehead atoms. The molecule has 4 atom stereocenters. The largest absolute Gasteiger partial charge is 0.393 e. The molecule has 2 aliphatic carbocycles. The number of halogens is 3. The average molecular weight is 634 g/mol. The molecule has 3 aromatic rings. The molecule has 6 rings (SSSR count). The molecule has 222 valence electrons. The summed E-state index contributed by atoms with van der Waals surface area (Å²) in [5.74, 6) is -0.984. The Hall–Kier alpha value is -2.69. The van der Waals surface area contributed by atoms with Crippen molar-refractivity contribution in [3.63, 3.8) is 0 Å². The summed E-state index contributed by atoms with van der Waals surface area (Å²) < 4.78 is 49.5. The van der Waals surface area contributed by atoms with E-state index >= 15 is 0 Å². The van der Waals surface area contributed by atoms with Crippen LogP contribution in [0.2, 0.25) is 10.0 Å². The van der Waals surface area contributed by atoms with Crippen molar-refractivity contribution < 1.29 is 27.4 Å². The maximum Gasteiger partial charge on any atom is 0.255 e. The molecule has 0 unspecified atom stereocenters. The highest BCUT2D eigenvalue weighted by Crippen LogP contribution is 2.55. The number of carbonyl (C=O) groups excluding carboxylic acids is 1. The van der Waals surface area contributed by atoms with Crippen LogP contribution in [0.5, 0.6) is 0 Å². The van der Waals surface area contributed by atoms with E-state index in [-0.39, 0.29) is 18.0 Å². The number of aliphatic hydroxyl groups is 1. The van der Waals surface area contributed by atoms with Gasteiger partial charge in [0.05, 0.1) is 23.1 Å². The Bertz CT molecular complexity index is 1580. The predicted molar refractivity (Wildman–Crippen MR) is 159 cm³/mol. The lowest BCUT2D eigenvalue weighted by Crippen LogP contribution is -2.57. The Morgan fingerprint density at radius 1 is 1.00 bits per heavy atom. The van der Waals surface area contributed by atoms with E-state index in [1.165, 1.54) is 18.2 Å². The number of amides is 1. The second kappa shape index (κ2) is 11.4. The fraction of sp³-hybridized carbons (Fsp3) is 0.387. The summed E-state index contributed by atoms with van der Waals surface area (Å²) in [5, 5.41) is 11.3. The van der Waals surface area contributed by atoms with Gasteiger partial charge in [0, 0.05) is 16.1 Å². The molecule has 0 aromatic heterocycles. The van der Waals surface area contributed by atoms with Gasteiger partial charge < -0.3 is 14.7 Å². The number of nitrogens with one attached hydrogen (secondary N) is 1. The highest BCUT2D eigenvalue weighted by Gasteiger charge is 2.60. The minimum absolute atomic E-state index is 0.0716. The van der Waals surface area contributed by atoms with Crippen LogP contribution in [-0.2, 0) is 19.6 Å². The van der Waals surface area contributed by atoms with Gasteiger partial charge in [0.25, 0.3) is 5.91 Å². The quantitative estimate of drug-likeness (QED) is 0.274. The molecule has 0 spiro atoms. The molecule has 11 heteroatoms. The van der Waals surface area contributed by atoms with Crippen molar-refractivity contribution in [2.75, 3.05) is 11.3 Å². The molecule has 1 saturated heterocycles. The molecule has 1 aliphatic heterocycles. The van der Waals surface area contributed by atoms with E-state index in [1.54, 1.807) is 41.3 Å². The number of aliphatic hydroxyl groups excluding tert-OH is 1. The van der Waals surface area contributed by atoms with Crippen molar-refractivity contribution in [2.24, 2.45) is 5.92 Å². The maximum atomic E-state index is 14.4. The summed E-state index contributed by atoms with van der Waals surface area (Å²) in [6.07, 6.45) is 0.816. The van der Waals surface area contributed by atoms with E-state index < -0.39 is 57.4 Å². The molecule has 42 heavy (non-hydrogen) atoms. The first-order valence-electron chi connectivity index (χ1n) is 14.0. The minimum atomic E-state index is -4.00.